The third kappa shape index (κ3) is 4.86. The Morgan fingerprint density at radius 2 is 1.69 bits per heavy atom. The summed E-state index contributed by atoms with van der Waals surface area (Å²) in [4.78, 5) is 28.0. The van der Waals surface area contributed by atoms with Crippen LogP contribution in [0.1, 0.15) is 16.8 Å². The topological polar surface area (TPSA) is 72.3 Å². The zero-order valence-corrected chi connectivity index (χ0v) is 16.4. The summed E-state index contributed by atoms with van der Waals surface area (Å²) in [6, 6.07) is 14.8. The van der Waals surface area contributed by atoms with Crippen LogP contribution >= 0.6 is 0 Å². The fraction of sp³-hybridized carbons (Fsp3) is 0.364. The van der Waals surface area contributed by atoms with Gasteiger partial charge in [-0.1, -0.05) is 18.2 Å². The van der Waals surface area contributed by atoms with E-state index in [0.29, 0.717) is 55.6 Å². The van der Waals surface area contributed by atoms with Crippen molar-refractivity contribution in [3.05, 3.63) is 54.1 Å². The highest BCUT2D eigenvalue weighted by molar-refractivity contribution is 5.94. The van der Waals surface area contributed by atoms with Crippen LogP contribution in [0.25, 0.3) is 0 Å². The van der Waals surface area contributed by atoms with Gasteiger partial charge in [-0.15, -0.1) is 0 Å². The number of fused-ring (bicyclic) bond motifs is 1. The minimum absolute atomic E-state index is 0.0441. The van der Waals surface area contributed by atoms with Crippen LogP contribution in [0.4, 0.5) is 5.69 Å². The van der Waals surface area contributed by atoms with E-state index in [1.165, 1.54) is 4.90 Å². The summed E-state index contributed by atoms with van der Waals surface area (Å²) in [6.07, 6.45) is 0.846. The van der Waals surface area contributed by atoms with Gasteiger partial charge in [0.05, 0.1) is 39.4 Å². The minimum atomic E-state index is -0.0441. The van der Waals surface area contributed by atoms with Gasteiger partial charge in [0, 0.05) is 23.7 Å². The molecule has 2 aromatic rings. The number of anilines is 1. The second-order valence-corrected chi connectivity index (χ2v) is 7.35. The average molecular weight is 396 g/mol. The number of ether oxygens (including phenoxy) is 2. The van der Waals surface area contributed by atoms with Crippen molar-refractivity contribution in [3.8, 4) is 11.5 Å². The average Bonchev–Trinajstić information content (AvgIpc) is 2.99. The lowest BCUT2D eigenvalue weighted by Crippen LogP contribution is -3.15. The van der Waals surface area contributed by atoms with E-state index in [1.807, 2.05) is 53.4 Å². The first-order valence-corrected chi connectivity index (χ1v) is 10.1. The van der Waals surface area contributed by atoms with E-state index < -0.39 is 0 Å². The molecule has 0 spiro atoms. The van der Waals surface area contributed by atoms with Crippen molar-refractivity contribution in [2.24, 2.45) is 0 Å². The molecular formula is C22H26N3O4+. The lowest BCUT2D eigenvalue weighted by molar-refractivity contribution is -0.895. The molecule has 2 aliphatic rings. The lowest BCUT2D eigenvalue weighted by Gasteiger charge is -2.32. The summed E-state index contributed by atoms with van der Waals surface area (Å²) < 4.78 is 11.3. The second-order valence-electron chi connectivity index (χ2n) is 7.35. The van der Waals surface area contributed by atoms with Crippen LogP contribution in [-0.4, -0.2) is 62.7 Å². The molecule has 0 aliphatic carbocycles. The van der Waals surface area contributed by atoms with Crippen LogP contribution in [0.3, 0.4) is 0 Å². The molecule has 2 N–H and O–H groups in total. The van der Waals surface area contributed by atoms with Crippen LogP contribution in [0.15, 0.2) is 48.5 Å². The van der Waals surface area contributed by atoms with Crippen molar-refractivity contribution in [2.45, 2.75) is 6.42 Å². The fourth-order valence-corrected chi connectivity index (χ4v) is 3.64. The van der Waals surface area contributed by atoms with Crippen molar-refractivity contribution in [1.82, 2.24) is 4.90 Å². The smallest absolute Gasteiger partial charge is 0.279 e. The molecule has 0 bridgehead atoms. The van der Waals surface area contributed by atoms with Gasteiger partial charge in [0.1, 0.15) is 0 Å². The normalized spacial score (nSPS) is 16.8. The molecule has 0 unspecified atom stereocenters. The molecule has 7 heteroatoms. The Morgan fingerprint density at radius 1 is 0.966 bits per heavy atom. The van der Waals surface area contributed by atoms with E-state index >= 15 is 0 Å². The van der Waals surface area contributed by atoms with E-state index in [4.69, 9.17) is 9.47 Å². The summed E-state index contributed by atoms with van der Waals surface area (Å²) in [5, 5.41) is 2.94. The number of nitrogens with zero attached hydrogens (tertiary/aromatic N) is 1. The Hall–Kier alpha value is -3.06. The van der Waals surface area contributed by atoms with Gasteiger partial charge < -0.3 is 24.6 Å². The van der Waals surface area contributed by atoms with E-state index in [2.05, 4.69) is 5.32 Å². The van der Waals surface area contributed by atoms with Crippen molar-refractivity contribution in [1.29, 1.82) is 0 Å². The number of piperazine rings is 1. The largest absolute Gasteiger partial charge is 0.490 e. The first kappa shape index (κ1) is 19.3. The third-order valence-corrected chi connectivity index (χ3v) is 5.22. The van der Waals surface area contributed by atoms with Gasteiger partial charge in [-0.2, -0.15) is 0 Å². The highest BCUT2D eigenvalue weighted by Crippen LogP contribution is 2.32. The van der Waals surface area contributed by atoms with Gasteiger partial charge in [-0.3, -0.25) is 9.59 Å². The predicted molar refractivity (Wildman–Crippen MR) is 109 cm³/mol. The summed E-state index contributed by atoms with van der Waals surface area (Å²) in [5.41, 5.74) is 1.42. The van der Waals surface area contributed by atoms with Gasteiger partial charge in [-0.05, 0) is 24.3 Å². The van der Waals surface area contributed by atoms with Crippen molar-refractivity contribution in [2.75, 3.05) is 51.3 Å². The molecule has 0 aromatic heterocycles. The van der Waals surface area contributed by atoms with Gasteiger partial charge >= 0.3 is 0 Å². The molecule has 7 nitrogen and oxygen atoms in total. The van der Waals surface area contributed by atoms with Crippen molar-refractivity contribution >= 4 is 17.5 Å². The molecule has 4 rings (SSSR count). The minimum Gasteiger partial charge on any atom is -0.490 e. The number of hydrogen-bond donors (Lipinski definition) is 2. The number of carbonyl (C=O) groups excluding carboxylic acids is 2. The van der Waals surface area contributed by atoms with Gasteiger partial charge in [0.2, 0.25) is 0 Å². The monoisotopic (exact) mass is 396 g/mol. The quantitative estimate of drug-likeness (QED) is 0.803. The van der Waals surface area contributed by atoms with Gasteiger partial charge in [-0.25, -0.2) is 0 Å². The molecule has 1 fully saturated rings. The number of quaternary nitrogens is 1. The van der Waals surface area contributed by atoms with Crippen molar-refractivity contribution < 1.29 is 24.0 Å². The number of rotatable bonds is 4. The Kier molecular flexibility index (Phi) is 5.95. The van der Waals surface area contributed by atoms with Crippen LogP contribution in [-0.2, 0) is 4.79 Å². The maximum atomic E-state index is 12.5. The molecule has 152 valence electrons. The van der Waals surface area contributed by atoms with Crippen LogP contribution < -0.4 is 19.7 Å². The standard InChI is InChI=1S/C22H25N3O4/c26-21(23-18-7-8-19-20(15-18)29-14-4-13-28-19)16-24-9-11-25(12-10-24)22(27)17-5-2-1-3-6-17/h1-3,5-8,15H,4,9-14,16H2,(H,23,26)/p+1. The highest BCUT2D eigenvalue weighted by atomic mass is 16.5. The highest BCUT2D eigenvalue weighted by Gasteiger charge is 2.26. The number of nitrogens with one attached hydrogen (secondary N) is 2. The molecule has 2 amide bonds. The maximum absolute atomic E-state index is 12.5. The Bertz CT molecular complexity index is 864. The Labute approximate surface area is 170 Å². The van der Waals surface area contributed by atoms with Crippen LogP contribution in [0, 0.1) is 0 Å². The van der Waals surface area contributed by atoms with Gasteiger partial charge in [0.25, 0.3) is 11.8 Å². The molecular weight excluding hydrogens is 370 g/mol. The summed E-state index contributed by atoms with van der Waals surface area (Å²) >= 11 is 0. The number of amides is 2. The predicted octanol–water partition coefficient (Wildman–Crippen LogP) is 0.827. The van der Waals surface area contributed by atoms with E-state index in [1.54, 1.807) is 0 Å². The molecule has 1 saturated heterocycles. The third-order valence-electron chi connectivity index (χ3n) is 5.22. The summed E-state index contributed by atoms with van der Waals surface area (Å²) in [7, 11) is 0. The second kappa shape index (κ2) is 8.96. The van der Waals surface area contributed by atoms with Crippen LogP contribution in [0.2, 0.25) is 0 Å². The number of benzene rings is 2. The lowest BCUT2D eigenvalue weighted by atomic mass is 10.2. The SMILES string of the molecule is O=C(C[NH+]1CCN(C(=O)c2ccccc2)CC1)Nc1ccc2c(c1)OCCCO2. The zero-order valence-electron chi connectivity index (χ0n) is 16.4. The molecule has 0 radical (unpaired) electrons. The summed E-state index contributed by atoms with van der Waals surface area (Å²) in [5.74, 6) is 1.39. The Balaban J connectivity index is 1.27. The molecule has 0 atom stereocenters. The number of hydrogen-bond acceptors (Lipinski definition) is 4. The van der Waals surface area contributed by atoms with Crippen LogP contribution in [0.5, 0.6) is 11.5 Å². The summed E-state index contributed by atoms with van der Waals surface area (Å²) in [6.45, 7) is 4.45. The molecule has 2 aliphatic heterocycles. The van der Waals surface area contributed by atoms with Crippen molar-refractivity contribution in [3.63, 3.8) is 0 Å². The van der Waals surface area contributed by atoms with Gasteiger partial charge in [0.15, 0.2) is 18.0 Å². The molecule has 2 heterocycles. The molecule has 29 heavy (non-hydrogen) atoms. The van der Waals surface area contributed by atoms with E-state index in [-0.39, 0.29) is 11.8 Å². The fourth-order valence-electron chi connectivity index (χ4n) is 3.64. The Morgan fingerprint density at radius 3 is 2.45 bits per heavy atom. The molecule has 0 saturated carbocycles. The first-order valence-electron chi connectivity index (χ1n) is 10.1. The van der Waals surface area contributed by atoms with E-state index in [0.717, 1.165) is 19.5 Å². The first-order chi connectivity index (χ1) is 14.2. The number of carbonyl (C=O) groups is 2. The maximum Gasteiger partial charge on any atom is 0.279 e. The molecule has 2 aromatic carbocycles. The zero-order chi connectivity index (χ0) is 20.1. The van der Waals surface area contributed by atoms with E-state index in [9.17, 15) is 9.59 Å².